The van der Waals surface area contributed by atoms with E-state index in [1.54, 1.807) is 0 Å². The van der Waals surface area contributed by atoms with Crippen molar-refractivity contribution < 1.29 is 0 Å². The molecule has 1 aromatic carbocycles. The molecule has 0 heteroatoms. The molecule has 40 heavy (non-hydrogen) atoms. The monoisotopic (exact) mass is 542 g/mol. The molecule has 1 rings (SSSR count). The standard InChI is InChI=1S/C40H62/c1-12-18-36(23-22-32(9)15-4)38-26-24-37(25-27-38)35(16-5)29-40(33(10)21-17-20-31(8)14-3)39(19-13-2)34(11)28-30(6)7/h13,16,19,24-32,36H,2,10,12,14-15,17-18,20-23H2,1,3-9,11H3/b34-28-,35-16+,39-19+,40-29+. The van der Waals surface area contributed by atoms with E-state index >= 15 is 0 Å². The molecule has 222 valence electrons. The first-order valence-electron chi connectivity index (χ1n) is 16.3. The minimum Gasteiger partial charge on any atom is -0.0990 e. The van der Waals surface area contributed by atoms with Crippen molar-refractivity contribution in [1.29, 1.82) is 0 Å². The molecular formula is C40H62. The Morgan fingerprint density at radius 3 is 2.00 bits per heavy atom. The Labute approximate surface area is 250 Å². The van der Waals surface area contributed by atoms with E-state index in [1.807, 2.05) is 6.08 Å². The first-order valence-corrected chi connectivity index (χ1v) is 16.3. The minimum atomic E-state index is 0.484. The molecule has 0 heterocycles. The van der Waals surface area contributed by atoms with Crippen molar-refractivity contribution in [2.75, 3.05) is 0 Å². The molecule has 0 bridgehead atoms. The molecule has 0 fully saturated rings. The van der Waals surface area contributed by atoms with Crippen LogP contribution in [-0.4, -0.2) is 0 Å². The summed E-state index contributed by atoms with van der Waals surface area (Å²) in [5, 5.41) is 0. The van der Waals surface area contributed by atoms with Gasteiger partial charge in [0.2, 0.25) is 0 Å². The fourth-order valence-electron chi connectivity index (χ4n) is 5.47. The van der Waals surface area contributed by atoms with E-state index in [0.29, 0.717) is 11.8 Å². The van der Waals surface area contributed by atoms with Crippen LogP contribution in [0.1, 0.15) is 137 Å². The van der Waals surface area contributed by atoms with E-state index in [0.717, 1.165) is 18.3 Å². The van der Waals surface area contributed by atoms with Crippen LogP contribution >= 0.6 is 0 Å². The van der Waals surface area contributed by atoms with E-state index in [4.69, 9.17) is 0 Å². The van der Waals surface area contributed by atoms with Gasteiger partial charge in [-0.2, -0.15) is 0 Å². The normalized spacial score (nSPS) is 15.8. The molecule has 0 N–H and O–H groups in total. The Hall–Kier alpha value is -2.34. The second-order valence-corrected chi connectivity index (χ2v) is 12.4. The maximum absolute atomic E-state index is 4.62. The van der Waals surface area contributed by atoms with Crippen LogP contribution in [0.5, 0.6) is 0 Å². The zero-order chi connectivity index (χ0) is 30.1. The fraction of sp³-hybridized carbons (Fsp3) is 0.550. The summed E-state index contributed by atoms with van der Waals surface area (Å²) in [6, 6.07) is 9.44. The lowest BCUT2D eigenvalue weighted by atomic mass is 9.85. The van der Waals surface area contributed by atoms with Gasteiger partial charge in [0, 0.05) is 0 Å². The number of hydrogen-bond acceptors (Lipinski definition) is 0. The van der Waals surface area contributed by atoms with Crippen molar-refractivity contribution in [3.8, 4) is 0 Å². The Morgan fingerprint density at radius 2 is 1.48 bits per heavy atom. The van der Waals surface area contributed by atoms with Crippen LogP contribution < -0.4 is 0 Å². The predicted octanol–water partition coefficient (Wildman–Crippen LogP) is 13.2. The lowest BCUT2D eigenvalue weighted by Crippen LogP contribution is -2.03. The van der Waals surface area contributed by atoms with E-state index in [9.17, 15) is 0 Å². The fourth-order valence-corrected chi connectivity index (χ4v) is 5.47. The quantitative estimate of drug-likeness (QED) is 0.152. The van der Waals surface area contributed by atoms with Gasteiger partial charge >= 0.3 is 0 Å². The van der Waals surface area contributed by atoms with E-state index in [-0.39, 0.29) is 0 Å². The Bertz CT molecular complexity index is 1000. The van der Waals surface area contributed by atoms with Gasteiger partial charge in [0.25, 0.3) is 0 Å². The van der Waals surface area contributed by atoms with E-state index in [2.05, 4.69) is 124 Å². The molecule has 0 saturated heterocycles. The highest BCUT2D eigenvalue weighted by Crippen LogP contribution is 2.34. The molecule has 0 nitrogen and oxygen atoms in total. The molecule has 0 aliphatic carbocycles. The van der Waals surface area contributed by atoms with Gasteiger partial charge in [-0.1, -0.05) is 142 Å². The molecule has 0 aliphatic heterocycles. The summed E-state index contributed by atoms with van der Waals surface area (Å²) in [6.45, 7) is 29.2. The molecule has 0 spiro atoms. The van der Waals surface area contributed by atoms with E-state index in [1.165, 1.54) is 90.4 Å². The summed E-state index contributed by atoms with van der Waals surface area (Å²) in [7, 11) is 0. The molecule has 0 aromatic heterocycles. The van der Waals surface area contributed by atoms with Crippen molar-refractivity contribution >= 4 is 5.57 Å². The number of hydrogen-bond donors (Lipinski definition) is 0. The zero-order valence-corrected chi connectivity index (χ0v) is 27.8. The van der Waals surface area contributed by atoms with Gasteiger partial charge in [-0.3, -0.25) is 0 Å². The SMILES string of the molecule is C=C/C=C(C(\C)=C/C(C)C)/C(=C/C(=C\C)c1ccc(C(CCC)CCC(C)CC)cc1)C(=C)CCCC(C)CC. The van der Waals surface area contributed by atoms with Gasteiger partial charge in [-0.05, 0) is 108 Å². The maximum atomic E-state index is 4.62. The lowest BCUT2D eigenvalue weighted by Gasteiger charge is -2.20. The highest BCUT2D eigenvalue weighted by atomic mass is 14.2. The van der Waals surface area contributed by atoms with Crippen LogP contribution in [0.3, 0.4) is 0 Å². The molecule has 0 saturated carbocycles. The highest BCUT2D eigenvalue weighted by Gasteiger charge is 2.15. The van der Waals surface area contributed by atoms with Crippen LogP contribution in [-0.2, 0) is 0 Å². The molecule has 1 aromatic rings. The lowest BCUT2D eigenvalue weighted by molar-refractivity contribution is 0.445. The van der Waals surface area contributed by atoms with E-state index < -0.39 is 0 Å². The average molecular weight is 543 g/mol. The van der Waals surface area contributed by atoms with Crippen LogP contribution in [0.15, 0.2) is 90.1 Å². The molecule has 0 radical (unpaired) electrons. The van der Waals surface area contributed by atoms with Crippen molar-refractivity contribution in [3.63, 3.8) is 0 Å². The largest absolute Gasteiger partial charge is 0.0990 e. The number of allylic oxidation sites excluding steroid dienone is 10. The summed E-state index contributed by atoms with van der Waals surface area (Å²) < 4.78 is 0. The third-order valence-corrected chi connectivity index (χ3v) is 8.50. The number of rotatable bonds is 19. The molecular weight excluding hydrogens is 480 g/mol. The van der Waals surface area contributed by atoms with Gasteiger partial charge in [0.15, 0.2) is 0 Å². The van der Waals surface area contributed by atoms with Crippen LogP contribution in [0.4, 0.5) is 0 Å². The highest BCUT2D eigenvalue weighted by molar-refractivity contribution is 5.78. The van der Waals surface area contributed by atoms with Gasteiger partial charge in [0.05, 0.1) is 0 Å². The Kier molecular flexibility index (Phi) is 17.6. The zero-order valence-electron chi connectivity index (χ0n) is 27.8. The summed E-state index contributed by atoms with van der Waals surface area (Å²) in [6.07, 6.45) is 22.1. The maximum Gasteiger partial charge on any atom is -0.0149 e. The molecule has 0 aliphatic rings. The van der Waals surface area contributed by atoms with Gasteiger partial charge < -0.3 is 0 Å². The summed E-state index contributed by atoms with van der Waals surface area (Å²) in [4.78, 5) is 0. The van der Waals surface area contributed by atoms with Gasteiger partial charge in [-0.15, -0.1) is 0 Å². The minimum absolute atomic E-state index is 0.484. The predicted molar refractivity (Wildman–Crippen MR) is 184 cm³/mol. The Morgan fingerprint density at radius 1 is 0.850 bits per heavy atom. The average Bonchev–Trinajstić information content (AvgIpc) is 2.94. The smallest absolute Gasteiger partial charge is 0.0149 e. The molecule has 3 unspecified atom stereocenters. The van der Waals surface area contributed by atoms with Crippen LogP contribution in [0.25, 0.3) is 5.57 Å². The first-order chi connectivity index (χ1) is 19.1. The first kappa shape index (κ1) is 35.7. The second kappa shape index (κ2) is 19.7. The number of benzene rings is 1. The van der Waals surface area contributed by atoms with Gasteiger partial charge in [0.1, 0.15) is 0 Å². The third-order valence-electron chi connectivity index (χ3n) is 8.50. The summed E-state index contributed by atoms with van der Waals surface area (Å²) >= 11 is 0. The van der Waals surface area contributed by atoms with Gasteiger partial charge in [-0.25, -0.2) is 0 Å². The Balaban J connectivity index is 3.44. The second-order valence-electron chi connectivity index (χ2n) is 12.4. The van der Waals surface area contributed by atoms with Crippen molar-refractivity contribution in [1.82, 2.24) is 0 Å². The third kappa shape index (κ3) is 12.4. The molecule has 0 amide bonds. The van der Waals surface area contributed by atoms with Crippen molar-refractivity contribution in [3.05, 3.63) is 101 Å². The van der Waals surface area contributed by atoms with Crippen molar-refractivity contribution in [2.45, 2.75) is 126 Å². The summed E-state index contributed by atoms with van der Waals surface area (Å²) in [5.41, 5.74) is 9.01. The molecule has 3 atom stereocenters. The van der Waals surface area contributed by atoms with Crippen LogP contribution in [0, 0.1) is 17.8 Å². The topological polar surface area (TPSA) is 0 Å². The van der Waals surface area contributed by atoms with Crippen LogP contribution in [0.2, 0.25) is 0 Å². The van der Waals surface area contributed by atoms with Crippen molar-refractivity contribution in [2.24, 2.45) is 17.8 Å². The summed E-state index contributed by atoms with van der Waals surface area (Å²) in [5.74, 6) is 2.71.